The highest BCUT2D eigenvalue weighted by Crippen LogP contribution is 2.17. The molecule has 3 rings (SSSR count). The molecule has 0 saturated heterocycles. The molecule has 34 heavy (non-hydrogen) atoms. The van der Waals surface area contributed by atoms with Crippen molar-refractivity contribution in [3.8, 4) is 0 Å². The van der Waals surface area contributed by atoms with Crippen LogP contribution >= 0.6 is 0 Å². The highest BCUT2D eigenvalue weighted by molar-refractivity contribution is 6.13. The molecule has 4 N–H and O–H groups in total. The minimum atomic E-state index is -0.474. The Kier molecular flexibility index (Phi) is 7.63. The van der Waals surface area contributed by atoms with Gasteiger partial charge in [0.05, 0.1) is 16.7 Å². The van der Waals surface area contributed by atoms with E-state index in [0.29, 0.717) is 17.2 Å². The maximum Gasteiger partial charge on any atom is 0.278 e. The Labute approximate surface area is 199 Å². The third kappa shape index (κ3) is 5.78. The van der Waals surface area contributed by atoms with Crippen molar-refractivity contribution in [2.24, 2.45) is 10.7 Å². The van der Waals surface area contributed by atoms with Crippen molar-refractivity contribution in [3.05, 3.63) is 82.7 Å². The van der Waals surface area contributed by atoms with Gasteiger partial charge in [0, 0.05) is 30.9 Å². The average Bonchev–Trinajstić information content (AvgIpc) is 3.22. The summed E-state index contributed by atoms with van der Waals surface area (Å²) in [4.78, 5) is 38.9. The lowest BCUT2D eigenvalue weighted by Crippen LogP contribution is -2.21. The summed E-state index contributed by atoms with van der Waals surface area (Å²) in [5, 5.41) is 2.75. The number of nitrogens with one attached hydrogen (secondary N) is 2. The van der Waals surface area contributed by atoms with E-state index in [9.17, 15) is 9.59 Å². The number of hydrogen-bond acceptors (Lipinski definition) is 5. The zero-order valence-corrected chi connectivity index (χ0v) is 20.1. The van der Waals surface area contributed by atoms with Crippen molar-refractivity contribution in [2.45, 2.75) is 27.2 Å². The second kappa shape index (κ2) is 10.6. The molecule has 0 aliphatic heterocycles. The molecule has 0 aliphatic rings. The van der Waals surface area contributed by atoms with E-state index in [1.807, 2.05) is 56.3 Å². The molecule has 1 aromatic heterocycles. The number of imidazole rings is 1. The second-order valence-corrected chi connectivity index (χ2v) is 8.21. The molecule has 0 radical (unpaired) electrons. The van der Waals surface area contributed by atoms with Gasteiger partial charge in [-0.2, -0.15) is 0 Å². The summed E-state index contributed by atoms with van der Waals surface area (Å²) in [6.45, 7) is 5.66. The predicted octanol–water partition coefficient (Wildman–Crippen LogP) is 4.24. The van der Waals surface area contributed by atoms with Crippen molar-refractivity contribution in [2.75, 3.05) is 19.4 Å². The Morgan fingerprint density at radius 1 is 1.09 bits per heavy atom. The molecule has 2 aromatic carbocycles. The van der Waals surface area contributed by atoms with E-state index in [1.54, 1.807) is 33.2 Å². The number of aromatic nitrogens is 2. The summed E-state index contributed by atoms with van der Waals surface area (Å²) in [7, 11) is 3.41. The van der Waals surface area contributed by atoms with Gasteiger partial charge in [-0.3, -0.25) is 14.9 Å². The maximum atomic E-state index is 13.1. The zero-order valence-electron chi connectivity index (χ0n) is 20.1. The number of carbonyl (C=O) groups is 2. The third-order valence-corrected chi connectivity index (χ3v) is 5.22. The smallest absolute Gasteiger partial charge is 0.278 e. The lowest BCUT2D eigenvalue weighted by atomic mass is 10.0. The van der Waals surface area contributed by atoms with Gasteiger partial charge in [0.15, 0.2) is 0 Å². The van der Waals surface area contributed by atoms with Crippen LogP contribution in [0.2, 0.25) is 0 Å². The summed E-state index contributed by atoms with van der Waals surface area (Å²) < 4.78 is 0. The van der Waals surface area contributed by atoms with E-state index in [2.05, 4.69) is 20.3 Å². The van der Waals surface area contributed by atoms with Crippen LogP contribution in [0.4, 0.5) is 5.95 Å². The number of allylic oxidation sites excluding steroid dienone is 3. The van der Waals surface area contributed by atoms with Gasteiger partial charge in [0.2, 0.25) is 5.95 Å². The summed E-state index contributed by atoms with van der Waals surface area (Å²) in [6.07, 6.45) is 2.74. The minimum absolute atomic E-state index is 0.0871. The largest absolute Gasteiger partial charge is 0.400 e. The van der Waals surface area contributed by atoms with E-state index in [-0.39, 0.29) is 17.3 Å². The fraction of sp³-hybridized carbons (Fsp3) is 0.231. The number of para-hydroxylation sites is 2. The molecule has 1 heterocycles. The van der Waals surface area contributed by atoms with E-state index in [0.717, 1.165) is 28.6 Å². The van der Waals surface area contributed by atoms with Crippen LogP contribution in [0.1, 0.15) is 43.1 Å². The number of hydrogen-bond donors (Lipinski definition) is 3. The Bertz CT molecular complexity index is 1260. The van der Waals surface area contributed by atoms with Gasteiger partial charge in [-0.05, 0) is 50.6 Å². The summed E-state index contributed by atoms with van der Waals surface area (Å²) >= 11 is 0. The molecule has 176 valence electrons. The lowest BCUT2D eigenvalue weighted by molar-refractivity contribution is -0.113. The van der Waals surface area contributed by atoms with Crippen LogP contribution in [-0.2, 0) is 4.79 Å². The van der Waals surface area contributed by atoms with Gasteiger partial charge in [-0.15, -0.1) is 0 Å². The molecule has 0 saturated carbocycles. The molecule has 3 aromatic rings. The van der Waals surface area contributed by atoms with Gasteiger partial charge in [0.1, 0.15) is 5.70 Å². The number of aromatic amines is 1. The van der Waals surface area contributed by atoms with Gasteiger partial charge in [-0.1, -0.05) is 36.8 Å². The second-order valence-electron chi connectivity index (χ2n) is 8.21. The molecule has 8 nitrogen and oxygen atoms in total. The van der Waals surface area contributed by atoms with Crippen molar-refractivity contribution in [3.63, 3.8) is 0 Å². The van der Waals surface area contributed by atoms with E-state index in [1.165, 1.54) is 4.90 Å². The molecule has 0 unspecified atom stereocenters. The van der Waals surface area contributed by atoms with Crippen LogP contribution in [-0.4, -0.2) is 46.5 Å². The number of aliphatic imine (C=N–C) groups is 1. The summed E-state index contributed by atoms with van der Waals surface area (Å²) in [5.74, 6) is -0.249. The topological polar surface area (TPSA) is 116 Å². The van der Waals surface area contributed by atoms with E-state index >= 15 is 0 Å². The highest BCUT2D eigenvalue weighted by atomic mass is 16.2. The zero-order chi connectivity index (χ0) is 24.8. The van der Waals surface area contributed by atoms with Crippen molar-refractivity contribution >= 4 is 34.5 Å². The molecule has 0 aliphatic carbocycles. The fourth-order valence-electron chi connectivity index (χ4n) is 3.17. The van der Waals surface area contributed by atoms with Gasteiger partial charge in [-0.25, -0.2) is 9.98 Å². The number of carbonyl (C=O) groups excluding carboxylic acids is 2. The number of benzene rings is 2. The first-order valence-corrected chi connectivity index (χ1v) is 11.0. The van der Waals surface area contributed by atoms with Crippen LogP contribution in [0.5, 0.6) is 0 Å². The quantitative estimate of drug-likeness (QED) is 0.363. The van der Waals surface area contributed by atoms with Crippen molar-refractivity contribution < 1.29 is 9.59 Å². The number of fused-ring (bicyclic) bond motifs is 1. The molecule has 0 atom stereocenters. The Morgan fingerprint density at radius 2 is 1.74 bits per heavy atom. The third-order valence-electron chi connectivity index (χ3n) is 5.22. The van der Waals surface area contributed by atoms with Gasteiger partial charge < -0.3 is 15.6 Å². The number of nitrogens with zero attached hydrogens (tertiary/aromatic N) is 3. The SMILES string of the molecule is CC/C(C)=C/C(=N\C(C(=O)Nc1nc2ccccc2[nH]1)=C(/C)N)c1ccc(C(=O)N(C)C)cc1. The first-order valence-electron chi connectivity index (χ1n) is 11.0. The minimum Gasteiger partial charge on any atom is -0.400 e. The number of anilines is 1. The number of nitrogens with two attached hydrogens (primary N) is 1. The molecule has 0 spiro atoms. The number of H-pyrrole nitrogens is 1. The van der Waals surface area contributed by atoms with E-state index in [4.69, 9.17) is 5.73 Å². The molecule has 8 heteroatoms. The molecule has 0 fully saturated rings. The van der Waals surface area contributed by atoms with Crippen LogP contribution < -0.4 is 11.1 Å². The first kappa shape index (κ1) is 24.4. The van der Waals surface area contributed by atoms with Crippen LogP contribution in [0, 0.1) is 0 Å². The van der Waals surface area contributed by atoms with Crippen LogP contribution in [0.15, 0.2) is 76.6 Å². The van der Waals surface area contributed by atoms with Gasteiger partial charge >= 0.3 is 0 Å². The molecular weight excluding hydrogens is 428 g/mol. The lowest BCUT2D eigenvalue weighted by Gasteiger charge is -2.12. The van der Waals surface area contributed by atoms with Gasteiger partial charge in [0.25, 0.3) is 11.8 Å². The standard InChI is InChI=1S/C26H30N6O2/c1-6-16(2)15-22(18-11-13-19(14-12-18)25(34)32(4)5)28-23(17(3)27)24(33)31-26-29-20-9-7-8-10-21(20)30-26/h7-15H,6,27H2,1-5H3,(H2,29,30,31,33)/b16-15+,23-17+,28-22+. The molecular formula is C26H30N6O2. The molecule has 2 amide bonds. The van der Waals surface area contributed by atoms with Crippen molar-refractivity contribution in [1.29, 1.82) is 0 Å². The maximum absolute atomic E-state index is 13.1. The Hall–Kier alpha value is -4.20. The molecule has 0 bridgehead atoms. The number of rotatable bonds is 7. The predicted molar refractivity (Wildman–Crippen MR) is 137 cm³/mol. The monoisotopic (exact) mass is 458 g/mol. The van der Waals surface area contributed by atoms with Crippen LogP contribution in [0.25, 0.3) is 11.0 Å². The van der Waals surface area contributed by atoms with Crippen molar-refractivity contribution in [1.82, 2.24) is 14.9 Å². The van der Waals surface area contributed by atoms with Crippen LogP contribution in [0.3, 0.4) is 0 Å². The number of amides is 2. The first-order chi connectivity index (χ1) is 16.2. The highest BCUT2D eigenvalue weighted by Gasteiger charge is 2.16. The summed E-state index contributed by atoms with van der Waals surface area (Å²) in [5.41, 5.74) is 11.0. The Morgan fingerprint density at radius 3 is 2.32 bits per heavy atom. The van der Waals surface area contributed by atoms with E-state index < -0.39 is 5.91 Å². The average molecular weight is 459 g/mol. The summed E-state index contributed by atoms with van der Waals surface area (Å²) in [6, 6.07) is 14.6. The Balaban J connectivity index is 1.97. The normalized spacial score (nSPS) is 13.0. The fourth-order valence-corrected chi connectivity index (χ4v) is 3.17.